The van der Waals surface area contributed by atoms with Crippen molar-refractivity contribution in [1.82, 2.24) is 10.2 Å². The Labute approximate surface area is 111 Å². The molecular weight excluding hydrogens is 228 g/mol. The van der Waals surface area contributed by atoms with Crippen LogP contribution in [-0.2, 0) is 9.53 Å². The van der Waals surface area contributed by atoms with Gasteiger partial charge in [0.25, 0.3) is 0 Å². The summed E-state index contributed by atoms with van der Waals surface area (Å²) in [5, 5.41) is 2.95. The molecule has 0 spiro atoms. The quantitative estimate of drug-likeness (QED) is 0.673. The van der Waals surface area contributed by atoms with Gasteiger partial charge in [0.15, 0.2) is 0 Å². The lowest BCUT2D eigenvalue weighted by molar-refractivity contribution is -0.122. The number of hydrogen-bond acceptors (Lipinski definition) is 3. The molecule has 0 bridgehead atoms. The fourth-order valence-corrected chi connectivity index (χ4v) is 2.24. The van der Waals surface area contributed by atoms with E-state index in [1.165, 1.54) is 19.3 Å². The van der Waals surface area contributed by atoms with Crippen LogP contribution < -0.4 is 5.32 Å². The number of nitrogens with zero attached hydrogens (tertiary/aromatic N) is 1. The number of hydrogen-bond donors (Lipinski definition) is 1. The number of nitrogens with one attached hydrogen (secondary N) is 1. The minimum Gasteiger partial charge on any atom is -0.374 e. The molecule has 1 saturated heterocycles. The summed E-state index contributed by atoms with van der Waals surface area (Å²) in [4.78, 5) is 13.9. The molecule has 1 atom stereocenters. The Morgan fingerprint density at radius 3 is 2.89 bits per heavy atom. The van der Waals surface area contributed by atoms with E-state index in [2.05, 4.69) is 17.1 Å². The summed E-state index contributed by atoms with van der Waals surface area (Å²) in [7, 11) is 0. The van der Waals surface area contributed by atoms with Crippen LogP contribution >= 0.6 is 0 Å². The van der Waals surface area contributed by atoms with Gasteiger partial charge in [0.1, 0.15) is 0 Å². The second-order valence-corrected chi connectivity index (χ2v) is 5.05. The molecule has 18 heavy (non-hydrogen) atoms. The Bertz CT molecular complexity index is 234. The van der Waals surface area contributed by atoms with Crippen LogP contribution in [0.2, 0.25) is 0 Å². The van der Waals surface area contributed by atoms with Crippen molar-refractivity contribution in [1.29, 1.82) is 0 Å². The molecule has 1 amide bonds. The van der Waals surface area contributed by atoms with Crippen molar-refractivity contribution < 1.29 is 9.53 Å². The molecule has 0 radical (unpaired) electrons. The standard InChI is InChI=1S/C14H28N2O2/c1-3-5-6-8-16-9-10-18-13(12-16)11-15-14(17)7-4-2/h13H,3-12H2,1-2H3,(H,15,17)/t13-/m0/s1. The molecule has 0 saturated carbocycles. The molecule has 1 N–H and O–H groups in total. The molecule has 0 unspecified atom stereocenters. The summed E-state index contributed by atoms with van der Waals surface area (Å²) in [6.45, 7) is 8.84. The summed E-state index contributed by atoms with van der Waals surface area (Å²) >= 11 is 0. The topological polar surface area (TPSA) is 41.6 Å². The Balaban J connectivity index is 2.16. The van der Waals surface area contributed by atoms with Gasteiger partial charge in [-0.1, -0.05) is 26.7 Å². The van der Waals surface area contributed by atoms with Gasteiger partial charge in [-0.3, -0.25) is 9.69 Å². The molecule has 0 aliphatic carbocycles. The molecule has 0 aromatic heterocycles. The highest BCUT2D eigenvalue weighted by Crippen LogP contribution is 2.06. The van der Waals surface area contributed by atoms with Gasteiger partial charge in [0.2, 0.25) is 5.91 Å². The molecule has 1 fully saturated rings. The Hall–Kier alpha value is -0.610. The van der Waals surface area contributed by atoms with Gasteiger partial charge in [0.05, 0.1) is 12.7 Å². The predicted molar refractivity (Wildman–Crippen MR) is 73.6 cm³/mol. The molecular formula is C14H28N2O2. The monoisotopic (exact) mass is 256 g/mol. The van der Waals surface area contributed by atoms with Crippen molar-refractivity contribution in [3.05, 3.63) is 0 Å². The van der Waals surface area contributed by atoms with E-state index >= 15 is 0 Å². The number of morpholine rings is 1. The van der Waals surface area contributed by atoms with Crippen LogP contribution in [0, 0.1) is 0 Å². The highest BCUT2D eigenvalue weighted by atomic mass is 16.5. The van der Waals surface area contributed by atoms with Crippen LogP contribution in [0.15, 0.2) is 0 Å². The maximum absolute atomic E-state index is 11.4. The van der Waals surface area contributed by atoms with Crippen molar-refractivity contribution in [2.24, 2.45) is 0 Å². The third kappa shape index (κ3) is 6.36. The first-order valence-corrected chi connectivity index (χ1v) is 7.37. The van der Waals surface area contributed by atoms with Crippen molar-refractivity contribution in [2.75, 3.05) is 32.8 Å². The smallest absolute Gasteiger partial charge is 0.220 e. The molecule has 106 valence electrons. The van der Waals surface area contributed by atoms with Gasteiger partial charge in [-0.2, -0.15) is 0 Å². The van der Waals surface area contributed by atoms with E-state index < -0.39 is 0 Å². The number of carbonyl (C=O) groups excluding carboxylic acids is 1. The molecule has 1 heterocycles. The minimum atomic E-state index is 0.143. The number of unbranched alkanes of at least 4 members (excludes halogenated alkanes) is 2. The van der Waals surface area contributed by atoms with Gasteiger partial charge in [-0.05, 0) is 19.4 Å². The first-order valence-electron chi connectivity index (χ1n) is 7.37. The third-order valence-electron chi connectivity index (χ3n) is 3.30. The Morgan fingerprint density at radius 2 is 2.17 bits per heavy atom. The lowest BCUT2D eigenvalue weighted by Gasteiger charge is -2.33. The van der Waals surface area contributed by atoms with Crippen LogP contribution in [0.4, 0.5) is 0 Å². The van der Waals surface area contributed by atoms with E-state index in [-0.39, 0.29) is 12.0 Å². The Kier molecular flexibility index (Phi) is 8.01. The maximum Gasteiger partial charge on any atom is 0.220 e. The number of rotatable bonds is 8. The average molecular weight is 256 g/mol. The lowest BCUT2D eigenvalue weighted by atomic mass is 10.2. The highest BCUT2D eigenvalue weighted by Gasteiger charge is 2.20. The maximum atomic E-state index is 11.4. The van der Waals surface area contributed by atoms with Gasteiger partial charge in [0, 0.05) is 26.1 Å². The van der Waals surface area contributed by atoms with Crippen LogP contribution in [0.3, 0.4) is 0 Å². The first kappa shape index (κ1) is 15.4. The predicted octanol–water partition coefficient (Wildman–Crippen LogP) is 1.79. The van der Waals surface area contributed by atoms with Crippen molar-refractivity contribution in [3.63, 3.8) is 0 Å². The molecule has 4 nitrogen and oxygen atoms in total. The number of ether oxygens (including phenoxy) is 1. The molecule has 1 aliphatic rings. The zero-order valence-electron chi connectivity index (χ0n) is 11.9. The van der Waals surface area contributed by atoms with Crippen LogP contribution in [0.5, 0.6) is 0 Å². The summed E-state index contributed by atoms with van der Waals surface area (Å²) in [5.74, 6) is 0.143. The SMILES string of the molecule is CCCCCN1CCO[C@@H](CNC(=O)CCC)C1. The fourth-order valence-electron chi connectivity index (χ4n) is 2.24. The number of amides is 1. The molecule has 4 heteroatoms. The van der Waals surface area contributed by atoms with E-state index in [9.17, 15) is 4.79 Å². The highest BCUT2D eigenvalue weighted by molar-refractivity contribution is 5.75. The van der Waals surface area contributed by atoms with Crippen LogP contribution in [0.1, 0.15) is 46.0 Å². The molecule has 0 aromatic carbocycles. The molecule has 1 aliphatic heterocycles. The van der Waals surface area contributed by atoms with E-state index in [0.717, 1.165) is 32.7 Å². The van der Waals surface area contributed by atoms with Gasteiger partial charge in [-0.25, -0.2) is 0 Å². The second-order valence-electron chi connectivity index (χ2n) is 5.05. The third-order valence-corrected chi connectivity index (χ3v) is 3.30. The summed E-state index contributed by atoms with van der Waals surface area (Å²) in [6, 6.07) is 0. The van der Waals surface area contributed by atoms with Crippen LogP contribution in [-0.4, -0.2) is 49.7 Å². The second kappa shape index (κ2) is 9.34. The summed E-state index contributed by atoms with van der Waals surface area (Å²) in [5.41, 5.74) is 0. The number of carbonyl (C=O) groups is 1. The van der Waals surface area contributed by atoms with Crippen LogP contribution in [0.25, 0.3) is 0 Å². The first-order chi connectivity index (χ1) is 8.76. The van der Waals surface area contributed by atoms with Crippen molar-refractivity contribution in [3.8, 4) is 0 Å². The van der Waals surface area contributed by atoms with Gasteiger partial charge < -0.3 is 10.1 Å². The van der Waals surface area contributed by atoms with E-state index in [1.54, 1.807) is 0 Å². The van der Waals surface area contributed by atoms with E-state index in [1.807, 2.05) is 6.92 Å². The lowest BCUT2D eigenvalue weighted by Crippen LogP contribution is -2.47. The van der Waals surface area contributed by atoms with Gasteiger partial charge >= 0.3 is 0 Å². The summed E-state index contributed by atoms with van der Waals surface area (Å²) in [6.07, 6.45) is 5.52. The fraction of sp³-hybridized carbons (Fsp3) is 0.929. The normalized spacial score (nSPS) is 20.9. The zero-order chi connectivity index (χ0) is 13.2. The van der Waals surface area contributed by atoms with Crippen molar-refractivity contribution in [2.45, 2.75) is 52.1 Å². The van der Waals surface area contributed by atoms with Gasteiger partial charge in [-0.15, -0.1) is 0 Å². The largest absolute Gasteiger partial charge is 0.374 e. The Morgan fingerprint density at radius 1 is 1.33 bits per heavy atom. The average Bonchev–Trinajstić information content (AvgIpc) is 2.38. The minimum absolute atomic E-state index is 0.143. The van der Waals surface area contributed by atoms with E-state index in [0.29, 0.717) is 13.0 Å². The molecule has 0 aromatic rings. The zero-order valence-corrected chi connectivity index (χ0v) is 11.9. The van der Waals surface area contributed by atoms with E-state index in [4.69, 9.17) is 4.74 Å². The summed E-state index contributed by atoms with van der Waals surface area (Å²) < 4.78 is 5.69. The van der Waals surface area contributed by atoms with Crippen molar-refractivity contribution >= 4 is 5.91 Å². The molecule has 1 rings (SSSR count).